The Morgan fingerprint density at radius 1 is 1.31 bits per heavy atom. The molecule has 0 spiro atoms. The van der Waals surface area contributed by atoms with E-state index in [4.69, 9.17) is 11.6 Å². The van der Waals surface area contributed by atoms with Crippen molar-refractivity contribution >= 4 is 23.4 Å². The van der Waals surface area contributed by atoms with Crippen LogP contribution in [-0.4, -0.2) is 26.5 Å². The number of rotatable bonds is 3. The van der Waals surface area contributed by atoms with Crippen LogP contribution < -0.4 is 0 Å². The highest BCUT2D eigenvalue weighted by Gasteiger charge is 2.12. The van der Waals surface area contributed by atoms with Gasteiger partial charge in [0.2, 0.25) is 0 Å². The number of hydrogen-bond acceptors (Lipinski definition) is 4. The van der Waals surface area contributed by atoms with Gasteiger partial charge in [0.25, 0.3) is 0 Å². The van der Waals surface area contributed by atoms with Crippen molar-refractivity contribution in [2.24, 2.45) is 0 Å². The Balaban J connectivity index is 2.38. The van der Waals surface area contributed by atoms with E-state index in [1.54, 1.807) is 16.4 Å². The molecule has 1 unspecified atom stereocenters. The van der Waals surface area contributed by atoms with E-state index >= 15 is 0 Å². The minimum absolute atomic E-state index is 0.213. The van der Waals surface area contributed by atoms with Gasteiger partial charge in [-0.25, -0.2) is 0 Å². The lowest BCUT2D eigenvalue weighted by Gasteiger charge is -2.05. The third-order valence-electron chi connectivity index (χ3n) is 2.17. The smallest absolute Gasteiger partial charge is 0.174 e. The van der Waals surface area contributed by atoms with Gasteiger partial charge in [0, 0.05) is 4.90 Å². The molecule has 0 fully saturated rings. The SMILES string of the molecule is CSc1ccc(-n2nnnc2C(C)Cl)cc1. The van der Waals surface area contributed by atoms with E-state index in [-0.39, 0.29) is 5.38 Å². The molecule has 0 aliphatic heterocycles. The van der Waals surface area contributed by atoms with Crippen LogP contribution in [0.25, 0.3) is 5.69 Å². The highest BCUT2D eigenvalue weighted by Crippen LogP contribution is 2.21. The van der Waals surface area contributed by atoms with Gasteiger partial charge in [-0.15, -0.1) is 28.5 Å². The zero-order valence-electron chi connectivity index (χ0n) is 8.96. The van der Waals surface area contributed by atoms with Crippen LogP contribution in [0.1, 0.15) is 18.1 Å². The van der Waals surface area contributed by atoms with Gasteiger partial charge >= 0.3 is 0 Å². The topological polar surface area (TPSA) is 43.6 Å². The number of hydrogen-bond donors (Lipinski definition) is 0. The highest BCUT2D eigenvalue weighted by molar-refractivity contribution is 7.98. The monoisotopic (exact) mass is 254 g/mol. The van der Waals surface area contributed by atoms with Gasteiger partial charge in [-0.3, -0.25) is 0 Å². The van der Waals surface area contributed by atoms with E-state index in [2.05, 4.69) is 15.5 Å². The number of thioether (sulfide) groups is 1. The number of aromatic nitrogens is 4. The van der Waals surface area contributed by atoms with Crippen LogP contribution in [0.4, 0.5) is 0 Å². The van der Waals surface area contributed by atoms with Crippen molar-refractivity contribution in [2.45, 2.75) is 17.2 Å². The van der Waals surface area contributed by atoms with Gasteiger partial charge in [0.05, 0.1) is 11.1 Å². The Hall–Kier alpha value is -1.07. The molecule has 16 heavy (non-hydrogen) atoms. The second kappa shape index (κ2) is 4.84. The number of halogens is 1. The fraction of sp³-hybridized carbons (Fsp3) is 0.300. The van der Waals surface area contributed by atoms with E-state index in [9.17, 15) is 0 Å². The Kier molecular flexibility index (Phi) is 3.46. The second-order valence-electron chi connectivity index (χ2n) is 3.26. The van der Waals surface area contributed by atoms with Crippen molar-refractivity contribution in [3.8, 4) is 5.69 Å². The highest BCUT2D eigenvalue weighted by atomic mass is 35.5. The molecular weight excluding hydrogens is 244 g/mol. The van der Waals surface area contributed by atoms with Crippen molar-refractivity contribution in [1.82, 2.24) is 20.2 Å². The predicted octanol–water partition coefficient (Wildman–Crippen LogP) is 2.68. The Morgan fingerprint density at radius 2 is 2.00 bits per heavy atom. The Morgan fingerprint density at radius 3 is 2.56 bits per heavy atom. The van der Waals surface area contributed by atoms with E-state index in [0.717, 1.165) is 5.69 Å². The molecule has 2 rings (SSSR count). The summed E-state index contributed by atoms with van der Waals surface area (Å²) in [6.07, 6.45) is 2.04. The summed E-state index contributed by atoms with van der Waals surface area (Å²) in [4.78, 5) is 1.21. The standard InChI is InChI=1S/C10H11ClN4S/c1-7(11)10-12-13-14-15(10)8-3-5-9(16-2)6-4-8/h3-7H,1-2H3. The fourth-order valence-electron chi connectivity index (χ4n) is 1.35. The number of alkyl halides is 1. The minimum Gasteiger partial charge on any atom is -0.196 e. The Bertz CT molecular complexity index is 466. The van der Waals surface area contributed by atoms with Crippen LogP contribution in [0.3, 0.4) is 0 Å². The van der Waals surface area contributed by atoms with E-state index in [1.807, 2.05) is 37.4 Å². The molecule has 0 aliphatic carbocycles. The summed E-state index contributed by atoms with van der Waals surface area (Å²) in [5.74, 6) is 0.651. The molecule has 6 heteroatoms. The molecule has 0 aliphatic rings. The average molecular weight is 255 g/mol. The predicted molar refractivity (Wildman–Crippen MR) is 65.2 cm³/mol. The molecule has 4 nitrogen and oxygen atoms in total. The van der Waals surface area contributed by atoms with Gasteiger partial charge in [0.1, 0.15) is 0 Å². The molecule has 1 heterocycles. The molecule has 84 valence electrons. The zero-order chi connectivity index (χ0) is 11.5. The molecule has 1 aromatic carbocycles. The molecule has 1 aromatic heterocycles. The molecular formula is C10H11ClN4S. The van der Waals surface area contributed by atoms with Crippen LogP contribution in [-0.2, 0) is 0 Å². The van der Waals surface area contributed by atoms with E-state index in [1.165, 1.54) is 4.90 Å². The number of tetrazole rings is 1. The Labute approximate surface area is 103 Å². The average Bonchev–Trinajstić information content (AvgIpc) is 2.78. The van der Waals surface area contributed by atoms with Gasteiger partial charge in [-0.2, -0.15) is 4.68 Å². The first-order valence-electron chi connectivity index (χ1n) is 4.79. The van der Waals surface area contributed by atoms with Crippen molar-refractivity contribution in [2.75, 3.05) is 6.26 Å². The summed E-state index contributed by atoms with van der Waals surface area (Å²) in [6.45, 7) is 1.85. The first-order valence-corrected chi connectivity index (χ1v) is 6.45. The summed E-state index contributed by atoms with van der Waals surface area (Å²) in [6, 6.07) is 8.02. The summed E-state index contributed by atoms with van der Waals surface area (Å²) < 4.78 is 1.65. The van der Waals surface area contributed by atoms with Crippen LogP contribution in [0.15, 0.2) is 29.2 Å². The van der Waals surface area contributed by atoms with Gasteiger partial charge < -0.3 is 0 Å². The molecule has 1 atom stereocenters. The summed E-state index contributed by atoms with van der Waals surface area (Å²) >= 11 is 7.69. The maximum atomic E-state index is 5.99. The molecule has 0 saturated carbocycles. The van der Waals surface area contributed by atoms with Crippen LogP contribution in [0, 0.1) is 0 Å². The van der Waals surface area contributed by atoms with Crippen molar-refractivity contribution in [3.05, 3.63) is 30.1 Å². The quantitative estimate of drug-likeness (QED) is 0.624. The van der Waals surface area contributed by atoms with Crippen LogP contribution in [0.5, 0.6) is 0 Å². The van der Waals surface area contributed by atoms with Gasteiger partial charge in [-0.1, -0.05) is 0 Å². The van der Waals surface area contributed by atoms with Crippen molar-refractivity contribution < 1.29 is 0 Å². The number of nitrogens with zero attached hydrogens (tertiary/aromatic N) is 4. The largest absolute Gasteiger partial charge is 0.196 e. The summed E-state index contributed by atoms with van der Waals surface area (Å²) in [7, 11) is 0. The van der Waals surface area contributed by atoms with E-state index < -0.39 is 0 Å². The van der Waals surface area contributed by atoms with Gasteiger partial charge in [0.15, 0.2) is 5.82 Å². The fourth-order valence-corrected chi connectivity index (χ4v) is 1.89. The molecule has 0 amide bonds. The first kappa shape index (κ1) is 11.4. The van der Waals surface area contributed by atoms with Crippen LogP contribution >= 0.6 is 23.4 Å². The number of benzene rings is 1. The zero-order valence-corrected chi connectivity index (χ0v) is 10.5. The van der Waals surface area contributed by atoms with Crippen LogP contribution in [0.2, 0.25) is 0 Å². The normalized spacial score (nSPS) is 12.7. The molecule has 0 radical (unpaired) electrons. The van der Waals surface area contributed by atoms with Crippen molar-refractivity contribution in [3.63, 3.8) is 0 Å². The minimum atomic E-state index is -0.213. The first-order chi connectivity index (χ1) is 7.72. The maximum Gasteiger partial charge on any atom is 0.174 e. The summed E-state index contributed by atoms with van der Waals surface area (Å²) in [5.41, 5.74) is 0.922. The second-order valence-corrected chi connectivity index (χ2v) is 4.80. The van der Waals surface area contributed by atoms with Gasteiger partial charge in [-0.05, 0) is 47.9 Å². The molecule has 0 saturated heterocycles. The third-order valence-corrected chi connectivity index (χ3v) is 3.11. The summed E-state index contributed by atoms with van der Waals surface area (Å²) in [5, 5.41) is 11.2. The lowest BCUT2D eigenvalue weighted by Crippen LogP contribution is -2.03. The third kappa shape index (κ3) is 2.20. The molecule has 0 N–H and O–H groups in total. The molecule has 2 aromatic rings. The van der Waals surface area contributed by atoms with E-state index in [0.29, 0.717) is 5.82 Å². The van der Waals surface area contributed by atoms with Crippen molar-refractivity contribution in [1.29, 1.82) is 0 Å². The lowest BCUT2D eigenvalue weighted by molar-refractivity contribution is 0.760. The molecule has 0 bridgehead atoms. The lowest BCUT2D eigenvalue weighted by atomic mass is 10.3. The maximum absolute atomic E-state index is 5.99.